The normalized spacial score (nSPS) is 11.2. The standard InChI is InChI=1S/C21H20N2O/c1-24-19-6-4-15-10-14(2-3-16(15)11-19)17-5-7-21-20(12-17)18(8-9-22)13-23-21/h2-7,10-13,23H,8-9,22H2,1H3. The molecule has 0 fully saturated rings. The number of hydrogen-bond acceptors (Lipinski definition) is 2. The van der Waals surface area contributed by atoms with Gasteiger partial charge in [0.15, 0.2) is 0 Å². The second-order valence-electron chi connectivity index (χ2n) is 6.04. The van der Waals surface area contributed by atoms with Crippen molar-refractivity contribution in [1.29, 1.82) is 0 Å². The minimum absolute atomic E-state index is 0.662. The molecule has 4 aromatic rings. The van der Waals surface area contributed by atoms with Gasteiger partial charge >= 0.3 is 0 Å². The van der Waals surface area contributed by atoms with Crippen molar-refractivity contribution in [3.63, 3.8) is 0 Å². The first-order valence-electron chi connectivity index (χ1n) is 8.17. The molecule has 120 valence electrons. The van der Waals surface area contributed by atoms with Crippen LogP contribution >= 0.6 is 0 Å². The van der Waals surface area contributed by atoms with Crippen molar-refractivity contribution >= 4 is 21.7 Å². The first kappa shape index (κ1) is 14.8. The summed E-state index contributed by atoms with van der Waals surface area (Å²) in [6, 6.07) is 19.3. The molecule has 3 heteroatoms. The largest absolute Gasteiger partial charge is 0.497 e. The Labute approximate surface area is 141 Å². The summed E-state index contributed by atoms with van der Waals surface area (Å²) < 4.78 is 5.30. The zero-order valence-corrected chi connectivity index (χ0v) is 13.7. The summed E-state index contributed by atoms with van der Waals surface area (Å²) in [4.78, 5) is 3.32. The fourth-order valence-electron chi connectivity index (χ4n) is 3.25. The Balaban J connectivity index is 1.81. The quantitative estimate of drug-likeness (QED) is 0.582. The van der Waals surface area contributed by atoms with E-state index in [1.165, 1.54) is 32.8 Å². The van der Waals surface area contributed by atoms with Crippen molar-refractivity contribution in [2.24, 2.45) is 5.73 Å². The van der Waals surface area contributed by atoms with Crippen LogP contribution in [-0.4, -0.2) is 18.6 Å². The van der Waals surface area contributed by atoms with Crippen LogP contribution in [0.15, 0.2) is 60.8 Å². The van der Waals surface area contributed by atoms with Crippen LogP contribution in [0.1, 0.15) is 5.56 Å². The molecule has 0 saturated heterocycles. The maximum atomic E-state index is 5.72. The molecule has 0 bridgehead atoms. The first-order valence-corrected chi connectivity index (χ1v) is 8.17. The van der Waals surface area contributed by atoms with Gasteiger partial charge in [-0.1, -0.05) is 24.3 Å². The predicted octanol–water partition coefficient (Wildman–Crippen LogP) is 4.50. The van der Waals surface area contributed by atoms with Gasteiger partial charge in [0.2, 0.25) is 0 Å². The number of benzene rings is 3. The lowest BCUT2D eigenvalue weighted by Gasteiger charge is -2.07. The average Bonchev–Trinajstić information content (AvgIpc) is 3.03. The third kappa shape index (κ3) is 2.53. The molecule has 0 atom stereocenters. The van der Waals surface area contributed by atoms with Crippen molar-refractivity contribution in [3.05, 3.63) is 66.4 Å². The predicted molar refractivity (Wildman–Crippen MR) is 101 cm³/mol. The maximum Gasteiger partial charge on any atom is 0.119 e. The van der Waals surface area contributed by atoms with Crippen LogP contribution in [0.3, 0.4) is 0 Å². The lowest BCUT2D eigenvalue weighted by Crippen LogP contribution is -2.01. The van der Waals surface area contributed by atoms with Gasteiger partial charge in [0.25, 0.3) is 0 Å². The molecule has 1 aromatic heterocycles. The summed E-state index contributed by atoms with van der Waals surface area (Å²) in [5.74, 6) is 0.885. The van der Waals surface area contributed by atoms with E-state index in [9.17, 15) is 0 Å². The number of nitrogens with two attached hydrogens (primary N) is 1. The van der Waals surface area contributed by atoms with E-state index in [4.69, 9.17) is 10.5 Å². The SMILES string of the molecule is COc1ccc2cc(-c3ccc4[nH]cc(CCN)c4c3)ccc2c1. The Hall–Kier alpha value is -2.78. The molecule has 1 heterocycles. The van der Waals surface area contributed by atoms with Gasteiger partial charge in [-0.2, -0.15) is 0 Å². The second-order valence-corrected chi connectivity index (χ2v) is 6.04. The Morgan fingerprint density at radius 3 is 2.50 bits per heavy atom. The molecule has 24 heavy (non-hydrogen) atoms. The molecule has 0 unspecified atom stereocenters. The summed E-state index contributed by atoms with van der Waals surface area (Å²) in [5.41, 5.74) is 10.6. The summed E-state index contributed by atoms with van der Waals surface area (Å²) >= 11 is 0. The van der Waals surface area contributed by atoms with E-state index in [1.807, 2.05) is 6.07 Å². The zero-order valence-electron chi connectivity index (χ0n) is 13.7. The van der Waals surface area contributed by atoms with Crippen LogP contribution in [0.4, 0.5) is 0 Å². The number of fused-ring (bicyclic) bond motifs is 2. The molecule has 0 spiro atoms. The van der Waals surface area contributed by atoms with Gasteiger partial charge in [0, 0.05) is 17.1 Å². The number of hydrogen-bond donors (Lipinski definition) is 2. The van der Waals surface area contributed by atoms with E-state index >= 15 is 0 Å². The molecule has 0 saturated carbocycles. The van der Waals surface area contributed by atoms with Gasteiger partial charge in [-0.15, -0.1) is 0 Å². The number of ether oxygens (including phenoxy) is 1. The van der Waals surface area contributed by atoms with Gasteiger partial charge in [-0.05, 0) is 70.8 Å². The van der Waals surface area contributed by atoms with Crippen LogP contribution < -0.4 is 10.5 Å². The van der Waals surface area contributed by atoms with Crippen molar-refractivity contribution in [1.82, 2.24) is 4.98 Å². The van der Waals surface area contributed by atoms with E-state index in [1.54, 1.807) is 7.11 Å². The minimum Gasteiger partial charge on any atom is -0.497 e. The molecule has 0 aliphatic carbocycles. The zero-order chi connectivity index (χ0) is 16.5. The lowest BCUT2D eigenvalue weighted by atomic mass is 9.99. The van der Waals surface area contributed by atoms with Gasteiger partial charge in [-0.3, -0.25) is 0 Å². The number of methoxy groups -OCH3 is 1. The highest BCUT2D eigenvalue weighted by atomic mass is 16.5. The average molecular weight is 316 g/mol. The number of H-pyrrole nitrogens is 1. The molecule has 0 aliphatic rings. The maximum absolute atomic E-state index is 5.72. The monoisotopic (exact) mass is 316 g/mol. The van der Waals surface area contributed by atoms with Gasteiger partial charge in [-0.25, -0.2) is 0 Å². The third-order valence-corrected chi connectivity index (χ3v) is 4.56. The van der Waals surface area contributed by atoms with Gasteiger partial charge < -0.3 is 15.5 Å². The first-order chi connectivity index (χ1) is 11.8. The molecule has 4 rings (SSSR count). The lowest BCUT2D eigenvalue weighted by molar-refractivity contribution is 0.415. The highest BCUT2D eigenvalue weighted by molar-refractivity contribution is 5.92. The van der Waals surface area contributed by atoms with E-state index in [-0.39, 0.29) is 0 Å². The minimum atomic E-state index is 0.662. The summed E-state index contributed by atoms with van der Waals surface area (Å²) in [5, 5.41) is 3.65. The van der Waals surface area contributed by atoms with Gasteiger partial charge in [0.05, 0.1) is 7.11 Å². The fourth-order valence-corrected chi connectivity index (χ4v) is 3.25. The molecule has 0 aliphatic heterocycles. The topological polar surface area (TPSA) is 51.0 Å². The third-order valence-electron chi connectivity index (χ3n) is 4.56. The van der Waals surface area contributed by atoms with Crippen molar-refractivity contribution in [3.8, 4) is 16.9 Å². The highest BCUT2D eigenvalue weighted by Gasteiger charge is 2.06. The fraction of sp³-hybridized carbons (Fsp3) is 0.143. The number of aromatic nitrogens is 1. The second kappa shape index (κ2) is 6.02. The molecule has 0 amide bonds. The van der Waals surface area contributed by atoms with Gasteiger partial charge in [0.1, 0.15) is 5.75 Å². The van der Waals surface area contributed by atoms with Crippen LogP contribution in [0, 0.1) is 0 Å². The van der Waals surface area contributed by atoms with E-state index in [2.05, 4.69) is 59.7 Å². The van der Waals surface area contributed by atoms with E-state index in [0.29, 0.717) is 6.54 Å². The molecular formula is C21H20N2O. The van der Waals surface area contributed by atoms with Crippen molar-refractivity contribution < 1.29 is 4.74 Å². The molecule has 0 radical (unpaired) electrons. The highest BCUT2D eigenvalue weighted by Crippen LogP contribution is 2.30. The van der Waals surface area contributed by atoms with Crippen molar-refractivity contribution in [2.45, 2.75) is 6.42 Å². The Kier molecular flexibility index (Phi) is 3.71. The van der Waals surface area contributed by atoms with E-state index < -0.39 is 0 Å². The summed E-state index contributed by atoms with van der Waals surface area (Å²) in [6.07, 6.45) is 2.95. The summed E-state index contributed by atoms with van der Waals surface area (Å²) in [6.45, 7) is 0.662. The number of rotatable bonds is 4. The summed E-state index contributed by atoms with van der Waals surface area (Å²) in [7, 11) is 1.69. The number of nitrogens with one attached hydrogen (secondary N) is 1. The van der Waals surface area contributed by atoms with E-state index in [0.717, 1.165) is 17.7 Å². The molecular weight excluding hydrogens is 296 g/mol. The Bertz CT molecular complexity index is 1020. The molecule has 3 nitrogen and oxygen atoms in total. The van der Waals surface area contributed by atoms with Crippen LogP contribution in [0.5, 0.6) is 5.75 Å². The number of aromatic amines is 1. The Morgan fingerprint density at radius 2 is 1.67 bits per heavy atom. The van der Waals surface area contributed by atoms with Crippen LogP contribution in [0.25, 0.3) is 32.8 Å². The van der Waals surface area contributed by atoms with Crippen LogP contribution in [-0.2, 0) is 6.42 Å². The van der Waals surface area contributed by atoms with Crippen LogP contribution in [0.2, 0.25) is 0 Å². The Morgan fingerprint density at radius 1 is 0.917 bits per heavy atom. The molecule has 3 N–H and O–H groups in total. The molecule has 3 aromatic carbocycles. The smallest absolute Gasteiger partial charge is 0.119 e. The van der Waals surface area contributed by atoms with Crippen molar-refractivity contribution in [2.75, 3.05) is 13.7 Å².